The Bertz CT molecular complexity index is 145. The molecule has 0 N–H and O–H groups in total. The van der Waals surface area contributed by atoms with Crippen molar-refractivity contribution in [1.82, 2.24) is 0 Å². The molecule has 0 saturated heterocycles. The van der Waals surface area contributed by atoms with E-state index >= 15 is 0 Å². The first-order valence-electron chi connectivity index (χ1n) is 4.35. The van der Waals surface area contributed by atoms with E-state index in [1.165, 1.54) is 19.8 Å². The van der Waals surface area contributed by atoms with Gasteiger partial charge in [-0.25, -0.2) is 0 Å². The van der Waals surface area contributed by atoms with Crippen LogP contribution in [0.5, 0.6) is 0 Å². The largest absolute Gasteiger partial charge is 1.00 e. The van der Waals surface area contributed by atoms with E-state index in [1.807, 2.05) is 0 Å². The quantitative estimate of drug-likeness (QED) is 0.407. The number of carbonyl (C=O) groups is 1. The Morgan fingerprint density at radius 1 is 1.33 bits per heavy atom. The maximum absolute atomic E-state index is 10.6. The molecular weight excluding hydrogens is 179 g/mol. The zero-order chi connectivity index (χ0) is 8.27. The van der Waals surface area contributed by atoms with E-state index in [0.29, 0.717) is 0 Å². The van der Waals surface area contributed by atoms with Gasteiger partial charge < -0.3 is 6.16 Å². The van der Waals surface area contributed by atoms with E-state index in [4.69, 9.17) is 4.74 Å². The smallest absolute Gasteiger partial charge is 1.00 e. The molecule has 0 aromatic rings. The minimum atomic E-state index is -0.135. The molecule has 0 bridgehead atoms. The van der Waals surface area contributed by atoms with E-state index in [9.17, 15) is 4.79 Å². The van der Waals surface area contributed by atoms with Crippen molar-refractivity contribution in [2.75, 3.05) is 0 Å². The summed E-state index contributed by atoms with van der Waals surface area (Å²) in [4.78, 5) is 10.6. The maximum atomic E-state index is 10.6. The van der Waals surface area contributed by atoms with Gasteiger partial charge in [-0.05, 0) is 31.6 Å². The van der Waals surface area contributed by atoms with Crippen molar-refractivity contribution in [2.45, 2.75) is 45.6 Å². The summed E-state index contributed by atoms with van der Waals surface area (Å²) in [7, 11) is 0. The molecule has 12 heavy (non-hydrogen) atoms. The van der Waals surface area contributed by atoms with Crippen LogP contribution in [0.1, 0.15) is 41.0 Å². The Kier molecular flexibility index (Phi) is 7.15. The van der Waals surface area contributed by atoms with Crippen LogP contribution in [0.15, 0.2) is 0 Å². The van der Waals surface area contributed by atoms with Crippen molar-refractivity contribution in [3.8, 4) is 0 Å². The van der Waals surface area contributed by atoms with E-state index in [1.54, 1.807) is 0 Å². The molecule has 0 heterocycles. The Hall–Kier alpha value is 1.11. The second-order valence-corrected chi connectivity index (χ2v) is 3.49. The van der Waals surface area contributed by atoms with Crippen LogP contribution in [0.4, 0.5) is 0 Å². The van der Waals surface area contributed by atoms with Gasteiger partial charge >= 0.3 is 57.4 Å². The average molecular weight is 196 g/mol. The fourth-order valence-electron chi connectivity index (χ4n) is 1.58. The van der Waals surface area contributed by atoms with Crippen molar-refractivity contribution in [2.24, 2.45) is 5.92 Å². The topological polar surface area (TPSA) is 26.3 Å². The Labute approximate surface area is 118 Å². The van der Waals surface area contributed by atoms with E-state index < -0.39 is 0 Å². The molecule has 0 aromatic heterocycles. The summed E-state index contributed by atoms with van der Waals surface area (Å²) in [6.45, 7) is 3.74. The van der Waals surface area contributed by atoms with Crippen molar-refractivity contribution < 1.29 is 62.3 Å². The molecule has 1 fully saturated rings. The Balaban J connectivity index is 0. The van der Waals surface area contributed by atoms with E-state index in [-0.39, 0.29) is 64.9 Å². The van der Waals surface area contributed by atoms with Crippen molar-refractivity contribution >= 4 is 5.97 Å². The second-order valence-electron chi connectivity index (χ2n) is 3.49. The molecule has 0 unspecified atom stereocenters. The molecule has 1 rings (SSSR count). The minimum absolute atomic E-state index is 0. The van der Waals surface area contributed by atoms with Crippen LogP contribution in [-0.4, -0.2) is 12.1 Å². The van der Waals surface area contributed by atoms with Gasteiger partial charge in [0.1, 0.15) is 6.10 Å². The summed E-state index contributed by atoms with van der Waals surface area (Å²) in [5.41, 5.74) is 0. The summed E-state index contributed by atoms with van der Waals surface area (Å²) >= 11 is 0. The van der Waals surface area contributed by atoms with Crippen LogP contribution in [0.25, 0.3) is 0 Å². The van der Waals surface area contributed by atoms with Gasteiger partial charge in [0.15, 0.2) is 0 Å². The predicted molar refractivity (Wildman–Crippen MR) is 44.3 cm³/mol. The monoisotopic (exact) mass is 196 g/mol. The third kappa shape index (κ3) is 4.97. The normalized spacial score (nSPS) is 28.8. The van der Waals surface area contributed by atoms with Crippen molar-refractivity contribution in [1.29, 1.82) is 0 Å². The van der Waals surface area contributed by atoms with Crippen molar-refractivity contribution in [3.63, 3.8) is 0 Å². The molecule has 0 aliphatic heterocycles. The molecular formula is C9H17KO2. The van der Waals surface area contributed by atoms with Gasteiger partial charge in [0.2, 0.25) is 0 Å². The first-order valence-corrected chi connectivity index (χ1v) is 4.35. The number of hydrogen-bond donors (Lipinski definition) is 0. The summed E-state index contributed by atoms with van der Waals surface area (Å²) in [6.07, 6.45) is 4.74. The standard InChI is InChI=1S/C9H16O2.K.H/c1-7-3-5-9(6-4-7)11-8(2)10;;/h7,9H,3-6H2,1-2H3;;/q;+1;-1. The van der Waals surface area contributed by atoms with Gasteiger partial charge in [-0.2, -0.15) is 0 Å². The zero-order valence-electron chi connectivity index (χ0n) is 9.30. The number of rotatable bonds is 1. The van der Waals surface area contributed by atoms with Crippen LogP contribution in [0.2, 0.25) is 0 Å². The van der Waals surface area contributed by atoms with Gasteiger partial charge in [-0.15, -0.1) is 0 Å². The van der Waals surface area contributed by atoms with Gasteiger partial charge in [-0.1, -0.05) is 6.92 Å². The number of ether oxygens (including phenoxy) is 1. The van der Waals surface area contributed by atoms with Gasteiger partial charge in [0.05, 0.1) is 0 Å². The van der Waals surface area contributed by atoms with Crippen LogP contribution in [0.3, 0.4) is 0 Å². The van der Waals surface area contributed by atoms with Gasteiger partial charge in [0.25, 0.3) is 0 Å². The third-order valence-electron chi connectivity index (χ3n) is 2.30. The Morgan fingerprint density at radius 2 is 1.83 bits per heavy atom. The summed E-state index contributed by atoms with van der Waals surface area (Å²) in [5.74, 6) is 0.686. The molecule has 66 valence electrons. The van der Waals surface area contributed by atoms with E-state index in [0.717, 1.165) is 18.8 Å². The average Bonchev–Trinajstić information content (AvgIpc) is 1.93. The Morgan fingerprint density at radius 3 is 2.25 bits per heavy atom. The molecule has 2 nitrogen and oxygen atoms in total. The number of carbonyl (C=O) groups excluding carboxylic acids is 1. The fraction of sp³-hybridized carbons (Fsp3) is 0.889. The second kappa shape index (κ2) is 6.54. The molecule has 0 aromatic carbocycles. The molecule has 3 heteroatoms. The number of esters is 1. The fourth-order valence-corrected chi connectivity index (χ4v) is 1.58. The minimum Gasteiger partial charge on any atom is -1.00 e. The first kappa shape index (κ1) is 13.1. The maximum Gasteiger partial charge on any atom is 1.00 e. The van der Waals surface area contributed by atoms with Crippen molar-refractivity contribution in [3.05, 3.63) is 0 Å². The summed E-state index contributed by atoms with van der Waals surface area (Å²) < 4.78 is 5.10. The molecule has 0 radical (unpaired) electrons. The van der Waals surface area contributed by atoms with Crippen LogP contribution in [-0.2, 0) is 9.53 Å². The predicted octanol–water partition coefficient (Wildman–Crippen LogP) is -0.755. The van der Waals surface area contributed by atoms with Gasteiger partial charge in [-0.3, -0.25) is 4.79 Å². The molecule has 1 saturated carbocycles. The van der Waals surface area contributed by atoms with Crippen LogP contribution in [0, 0.1) is 5.92 Å². The summed E-state index contributed by atoms with van der Waals surface area (Å²) in [6, 6.07) is 0. The molecule has 0 spiro atoms. The van der Waals surface area contributed by atoms with Gasteiger partial charge in [0, 0.05) is 6.92 Å². The zero-order valence-corrected chi connectivity index (χ0v) is 11.4. The molecule has 0 atom stereocenters. The van der Waals surface area contributed by atoms with Crippen LogP contribution < -0.4 is 51.4 Å². The molecule has 0 amide bonds. The first-order chi connectivity index (χ1) is 5.18. The molecule has 1 aliphatic carbocycles. The third-order valence-corrected chi connectivity index (χ3v) is 2.30. The molecule has 1 aliphatic rings. The SMILES string of the molecule is CC(=O)OC1CCC(C)CC1.[H-].[K+]. The summed E-state index contributed by atoms with van der Waals surface area (Å²) in [5, 5.41) is 0. The number of hydrogen-bond acceptors (Lipinski definition) is 2. The van der Waals surface area contributed by atoms with E-state index in [2.05, 4.69) is 6.92 Å². The van der Waals surface area contributed by atoms with Crippen LogP contribution >= 0.6 is 0 Å².